The van der Waals surface area contributed by atoms with Gasteiger partial charge in [-0.15, -0.1) is 0 Å². The Labute approximate surface area is 268 Å². The number of aromatic amines is 1. The van der Waals surface area contributed by atoms with Crippen LogP contribution in [-0.2, 0) is 32.0 Å². The molecule has 1 fully saturated rings. The third-order valence-corrected chi connectivity index (χ3v) is 8.38. The number of primary amides is 2. The molecule has 13 heteroatoms. The zero-order chi connectivity index (χ0) is 33.1. The van der Waals surface area contributed by atoms with Crippen molar-refractivity contribution in [2.45, 2.75) is 69.1 Å². The van der Waals surface area contributed by atoms with Gasteiger partial charge in [0.05, 0.1) is 6.04 Å². The molecule has 3 aromatic rings. The molecule has 1 aliphatic rings. The van der Waals surface area contributed by atoms with Gasteiger partial charge in [-0.05, 0) is 62.8 Å². The van der Waals surface area contributed by atoms with Gasteiger partial charge in [0.1, 0.15) is 18.1 Å². The predicted octanol–water partition coefficient (Wildman–Crippen LogP) is 0.826. The van der Waals surface area contributed by atoms with E-state index in [-0.39, 0.29) is 25.3 Å². The highest BCUT2D eigenvalue weighted by Gasteiger charge is 2.37. The van der Waals surface area contributed by atoms with Gasteiger partial charge in [0.15, 0.2) is 0 Å². The fourth-order valence-electron chi connectivity index (χ4n) is 5.90. The lowest BCUT2D eigenvalue weighted by molar-refractivity contribution is -0.144. The molecule has 0 saturated carbocycles. The van der Waals surface area contributed by atoms with Crippen molar-refractivity contribution >= 4 is 40.6 Å². The maximum atomic E-state index is 13.9. The summed E-state index contributed by atoms with van der Waals surface area (Å²) in [4.78, 5) is 69.5. The monoisotopic (exact) mass is 632 g/mol. The number of nitrogens with one attached hydrogen (secondary N) is 5. The average Bonchev–Trinajstić information content (AvgIpc) is 3.47. The van der Waals surface area contributed by atoms with Crippen molar-refractivity contribution in [2.75, 3.05) is 20.1 Å². The summed E-state index contributed by atoms with van der Waals surface area (Å²) in [6.07, 6.45) is 4.86. The van der Waals surface area contributed by atoms with Gasteiger partial charge >= 0.3 is 6.03 Å². The van der Waals surface area contributed by atoms with Crippen LogP contribution in [0.4, 0.5) is 4.79 Å². The number of urea groups is 1. The SMILES string of the molecule is CN[C@@H](Cc1ccccc1)C(=O)N1CCCC[C@H]1C(=O)N[C@@H](Cc1c[nH]c2ccccc12)C(=O)N[C@@H](CCCNC(N)=O)C(N)=O. The molecule has 1 aliphatic heterocycles. The Bertz CT molecular complexity index is 1510. The van der Waals surface area contributed by atoms with E-state index < -0.39 is 47.9 Å². The van der Waals surface area contributed by atoms with Gasteiger partial charge in [-0.2, -0.15) is 0 Å². The number of hydrogen-bond acceptors (Lipinski definition) is 6. The minimum absolute atomic E-state index is 0.129. The van der Waals surface area contributed by atoms with Gasteiger partial charge in [-0.3, -0.25) is 19.2 Å². The van der Waals surface area contributed by atoms with E-state index in [0.29, 0.717) is 25.8 Å². The number of benzene rings is 2. The molecule has 2 heterocycles. The molecule has 13 nitrogen and oxygen atoms in total. The third-order valence-electron chi connectivity index (χ3n) is 8.38. The van der Waals surface area contributed by atoms with Crippen LogP contribution in [0.25, 0.3) is 10.9 Å². The number of amides is 6. The summed E-state index contributed by atoms with van der Waals surface area (Å²) in [6, 6.07) is 13.2. The van der Waals surface area contributed by atoms with Gasteiger partial charge in [0, 0.05) is 36.6 Å². The van der Waals surface area contributed by atoms with Crippen molar-refractivity contribution < 1.29 is 24.0 Å². The normalized spacial score (nSPS) is 16.6. The lowest BCUT2D eigenvalue weighted by Gasteiger charge is -2.37. The molecule has 2 aromatic carbocycles. The Kier molecular flexibility index (Phi) is 12.1. The van der Waals surface area contributed by atoms with Crippen molar-refractivity contribution in [1.82, 2.24) is 31.2 Å². The Morgan fingerprint density at radius 3 is 2.37 bits per heavy atom. The molecule has 1 saturated heterocycles. The van der Waals surface area contributed by atoms with Crippen molar-refractivity contribution in [3.63, 3.8) is 0 Å². The molecular formula is C33H44N8O5. The van der Waals surface area contributed by atoms with Crippen molar-refractivity contribution in [2.24, 2.45) is 11.5 Å². The second kappa shape index (κ2) is 16.4. The number of nitrogens with zero attached hydrogens (tertiary/aromatic N) is 1. The van der Waals surface area contributed by atoms with E-state index in [2.05, 4.69) is 26.3 Å². The summed E-state index contributed by atoms with van der Waals surface area (Å²) in [5, 5.41) is 12.0. The van der Waals surface area contributed by atoms with Gasteiger partial charge in [0.2, 0.25) is 23.6 Å². The first kappa shape index (κ1) is 34.0. The summed E-state index contributed by atoms with van der Waals surface area (Å²) in [6.45, 7) is 0.625. The summed E-state index contributed by atoms with van der Waals surface area (Å²) in [5.74, 6) is -1.95. The topological polar surface area (TPSA) is 205 Å². The second-order valence-corrected chi connectivity index (χ2v) is 11.6. The summed E-state index contributed by atoms with van der Waals surface area (Å²) >= 11 is 0. The highest BCUT2D eigenvalue weighted by Crippen LogP contribution is 2.22. The van der Waals surface area contributed by atoms with E-state index >= 15 is 0 Å². The Morgan fingerprint density at radius 1 is 0.913 bits per heavy atom. The standard InChI is InChI=1S/C33H44N8O5/c1-36-27(18-21-10-3-2-4-11-21)32(45)41-17-8-7-15-28(41)31(44)40-26(19-22-20-38-24-13-6-5-12-23(22)24)30(43)39-25(29(34)42)14-9-16-37-33(35)46/h2-6,10-13,20,25-28,36,38H,7-9,14-19H2,1H3,(H2,34,42)(H,39,43)(H,40,44)(H3,35,37,46)/t25-,26-,27-,28-/m0/s1. The van der Waals surface area contributed by atoms with Gasteiger partial charge in [-0.1, -0.05) is 48.5 Å². The van der Waals surface area contributed by atoms with E-state index in [4.69, 9.17) is 11.5 Å². The number of carbonyl (C=O) groups is 5. The number of likely N-dealkylation sites (N-methyl/N-ethyl adjacent to an activating group) is 1. The minimum Gasteiger partial charge on any atom is -0.368 e. The molecule has 246 valence electrons. The first-order valence-corrected chi connectivity index (χ1v) is 15.7. The van der Waals surface area contributed by atoms with Crippen molar-refractivity contribution in [1.29, 1.82) is 0 Å². The molecule has 0 spiro atoms. The van der Waals surface area contributed by atoms with Crippen molar-refractivity contribution in [3.8, 4) is 0 Å². The van der Waals surface area contributed by atoms with Crippen LogP contribution >= 0.6 is 0 Å². The predicted molar refractivity (Wildman–Crippen MR) is 174 cm³/mol. The maximum Gasteiger partial charge on any atom is 0.312 e. The number of hydrogen-bond donors (Lipinski definition) is 7. The molecular weight excluding hydrogens is 588 g/mol. The first-order valence-electron chi connectivity index (χ1n) is 15.7. The number of piperidine rings is 1. The van der Waals surface area contributed by atoms with Crippen LogP contribution in [0.5, 0.6) is 0 Å². The van der Waals surface area contributed by atoms with Crippen LogP contribution in [0.2, 0.25) is 0 Å². The van der Waals surface area contributed by atoms with Crippen LogP contribution in [0.1, 0.15) is 43.2 Å². The van der Waals surface area contributed by atoms with Crippen LogP contribution < -0.4 is 32.7 Å². The largest absolute Gasteiger partial charge is 0.368 e. The number of nitrogens with two attached hydrogens (primary N) is 2. The highest BCUT2D eigenvalue weighted by atomic mass is 16.2. The lowest BCUT2D eigenvalue weighted by atomic mass is 9.97. The molecule has 4 atom stereocenters. The van der Waals surface area contributed by atoms with Crippen LogP contribution in [-0.4, -0.2) is 83.8 Å². The number of aromatic nitrogens is 1. The smallest absolute Gasteiger partial charge is 0.312 e. The summed E-state index contributed by atoms with van der Waals surface area (Å²) in [7, 11) is 1.73. The Morgan fingerprint density at radius 2 is 1.65 bits per heavy atom. The molecule has 1 aromatic heterocycles. The zero-order valence-corrected chi connectivity index (χ0v) is 26.1. The quantitative estimate of drug-likeness (QED) is 0.121. The Balaban J connectivity index is 1.53. The molecule has 9 N–H and O–H groups in total. The second-order valence-electron chi connectivity index (χ2n) is 11.6. The highest BCUT2D eigenvalue weighted by molar-refractivity contribution is 5.95. The van der Waals surface area contributed by atoms with E-state index in [0.717, 1.165) is 34.9 Å². The number of rotatable bonds is 15. The Hall–Kier alpha value is -4.91. The fraction of sp³-hybridized carbons (Fsp3) is 0.424. The molecule has 4 rings (SSSR count). The average molecular weight is 633 g/mol. The van der Waals surface area contributed by atoms with Crippen LogP contribution in [0, 0.1) is 0 Å². The molecule has 6 amide bonds. The lowest BCUT2D eigenvalue weighted by Crippen LogP contribution is -2.60. The van der Waals surface area contributed by atoms with E-state index in [1.165, 1.54) is 0 Å². The molecule has 0 aliphatic carbocycles. The van der Waals surface area contributed by atoms with E-state index in [1.54, 1.807) is 18.1 Å². The maximum absolute atomic E-state index is 13.9. The first-order chi connectivity index (χ1) is 22.2. The molecule has 0 unspecified atom stereocenters. The van der Waals surface area contributed by atoms with Gasteiger partial charge in [0.25, 0.3) is 0 Å². The number of para-hydroxylation sites is 1. The molecule has 46 heavy (non-hydrogen) atoms. The number of likely N-dealkylation sites (tertiary alicyclic amines) is 1. The molecule has 0 bridgehead atoms. The summed E-state index contributed by atoms with van der Waals surface area (Å²) in [5.41, 5.74) is 13.4. The minimum atomic E-state index is -1.07. The number of fused-ring (bicyclic) bond motifs is 1. The zero-order valence-electron chi connectivity index (χ0n) is 26.1. The van der Waals surface area contributed by atoms with Crippen LogP contribution in [0.15, 0.2) is 60.8 Å². The number of carbonyl (C=O) groups excluding carboxylic acids is 5. The van der Waals surface area contributed by atoms with Gasteiger partial charge < -0.3 is 42.6 Å². The fourth-order valence-corrected chi connectivity index (χ4v) is 5.90. The van der Waals surface area contributed by atoms with E-state index in [1.807, 2.05) is 54.6 Å². The van der Waals surface area contributed by atoms with Gasteiger partial charge in [-0.25, -0.2) is 4.79 Å². The number of H-pyrrole nitrogens is 1. The van der Waals surface area contributed by atoms with Crippen LogP contribution in [0.3, 0.4) is 0 Å². The summed E-state index contributed by atoms with van der Waals surface area (Å²) < 4.78 is 0. The van der Waals surface area contributed by atoms with E-state index in [9.17, 15) is 24.0 Å². The van der Waals surface area contributed by atoms with Crippen molar-refractivity contribution in [3.05, 3.63) is 71.9 Å². The molecule has 0 radical (unpaired) electrons. The third kappa shape index (κ3) is 9.07.